The third kappa shape index (κ3) is 9.66. The van der Waals surface area contributed by atoms with Gasteiger partial charge in [0.05, 0.1) is 6.04 Å². The Bertz CT molecular complexity index is 1390. The minimum Gasteiger partial charge on any atom is -0.465 e. The Labute approximate surface area is 260 Å². The van der Waals surface area contributed by atoms with E-state index in [1.165, 1.54) is 11.0 Å². The fourth-order valence-electron chi connectivity index (χ4n) is 5.29. The van der Waals surface area contributed by atoms with Crippen LogP contribution in [0.2, 0.25) is 25.7 Å². The number of carbonyl (C=O) groups is 2. The number of aromatic nitrogens is 1. The van der Waals surface area contributed by atoms with Crippen LogP contribution >= 0.6 is 11.6 Å². The van der Waals surface area contributed by atoms with Gasteiger partial charge in [-0.1, -0.05) is 70.7 Å². The fourth-order valence-corrected chi connectivity index (χ4v) is 6.39. The SMILES string of the molecule is CC(C)(C)[C@H](c1cc(-c2cc(F)ccc2F)cn1Cc1ccccc1)N(CCCN(CC[Si](C)(C)C)C(=O)O)C(=O)CCl. The predicted octanol–water partition coefficient (Wildman–Crippen LogP) is 8.34. The zero-order valence-electron chi connectivity index (χ0n) is 26.0. The van der Waals surface area contributed by atoms with E-state index in [1.807, 2.05) is 61.7 Å². The molecule has 1 atom stereocenters. The van der Waals surface area contributed by atoms with Crippen LogP contribution in [0.4, 0.5) is 13.6 Å². The molecule has 0 aliphatic carbocycles. The molecule has 234 valence electrons. The van der Waals surface area contributed by atoms with Gasteiger partial charge in [-0.05, 0) is 47.7 Å². The molecule has 3 rings (SSSR count). The zero-order valence-corrected chi connectivity index (χ0v) is 27.8. The van der Waals surface area contributed by atoms with Crippen molar-refractivity contribution in [1.29, 1.82) is 0 Å². The lowest BCUT2D eigenvalue weighted by molar-refractivity contribution is -0.133. The van der Waals surface area contributed by atoms with Gasteiger partial charge in [0, 0.05) is 57.3 Å². The van der Waals surface area contributed by atoms with Crippen LogP contribution in [-0.4, -0.2) is 65.1 Å². The molecule has 2 aromatic carbocycles. The van der Waals surface area contributed by atoms with Crippen molar-refractivity contribution in [1.82, 2.24) is 14.4 Å². The maximum Gasteiger partial charge on any atom is 0.407 e. The predicted molar refractivity (Wildman–Crippen MR) is 172 cm³/mol. The van der Waals surface area contributed by atoms with Crippen LogP contribution in [0.3, 0.4) is 0 Å². The van der Waals surface area contributed by atoms with Crippen molar-refractivity contribution in [3.63, 3.8) is 0 Å². The first kappa shape index (κ1) is 34.3. The molecule has 2 amide bonds. The number of nitrogens with zero attached hydrogens (tertiary/aromatic N) is 3. The normalized spacial score (nSPS) is 12.7. The van der Waals surface area contributed by atoms with Crippen LogP contribution in [0.25, 0.3) is 11.1 Å². The van der Waals surface area contributed by atoms with Crippen molar-refractivity contribution in [3.8, 4) is 11.1 Å². The van der Waals surface area contributed by atoms with Crippen molar-refractivity contribution in [2.45, 2.75) is 65.5 Å². The summed E-state index contributed by atoms with van der Waals surface area (Å²) in [6.07, 6.45) is 1.25. The summed E-state index contributed by atoms with van der Waals surface area (Å²) in [5.41, 5.74) is 1.90. The number of benzene rings is 2. The van der Waals surface area contributed by atoms with Crippen molar-refractivity contribution in [3.05, 3.63) is 83.7 Å². The summed E-state index contributed by atoms with van der Waals surface area (Å²) in [6.45, 7) is 14.1. The summed E-state index contributed by atoms with van der Waals surface area (Å²) in [7, 11) is -1.45. The smallest absolute Gasteiger partial charge is 0.407 e. The zero-order chi connectivity index (χ0) is 31.9. The maximum absolute atomic E-state index is 14.9. The summed E-state index contributed by atoms with van der Waals surface area (Å²) in [5, 5.41) is 9.82. The number of rotatable bonds is 13. The second-order valence-corrected chi connectivity index (χ2v) is 19.2. The average molecular weight is 632 g/mol. The Morgan fingerprint density at radius 3 is 2.26 bits per heavy atom. The standard InChI is InChI=1S/C33H44ClF2N3O3Si/c1-33(2,3)31(39(30(40)21-34)16-10-15-37(32(41)42)17-18-43(4,5)6)29-19-25(27-20-26(35)13-14-28(27)36)23-38(29)22-24-11-8-7-9-12-24/h7-9,11-14,19-20,23,31H,10,15-18,21-22H2,1-6H3,(H,41,42)/t31-/m0/s1. The van der Waals surface area contributed by atoms with Gasteiger partial charge >= 0.3 is 6.09 Å². The van der Waals surface area contributed by atoms with E-state index in [2.05, 4.69) is 19.6 Å². The molecular formula is C33H44ClF2N3O3Si. The third-order valence-electron chi connectivity index (χ3n) is 7.44. The van der Waals surface area contributed by atoms with Crippen molar-refractivity contribution < 1.29 is 23.5 Å². The molecule has 1 heterocycles. The number of carboxylic acid groups (broad SMARTS) is 1. The Morgan fingerprint density at radius 1 is 1.00 bits per heavy atom. The third-order valence-corrected chi connectivity index (χ3v) is 9.39. The van der Waals surface area contributed by atoms with Gasteiger partial charge in [-0.15, -0.1) is 11.6 Å². The number of alkyl halides is 1. The van der Waals surface area contributed by atoms with Gasteiger partial charge in [-0.3, -0.25) is 4.79 Å². The molecule has 0 unspecified atom stereocenters. The summed E-state index contributed by atoms with van der Waals surface area (Å²) in [6, 6.07) is 15.3. The monoisotopic (exact) mass is 631 g/mol. The van der Waals surface area contributed by atoms with Gasteiger partial charge in [0.25, 0.3) is 0 Å². The molecule has 0 aliphatic heterocycles. The average Bonchev–Trinajstić information content (AvgIpc) is 3.32. The topological polar surface area (TPSA) is 65.8 Å². The molecule has 0 fully saturated rings. The van der Waals surface area contributed by atoms with E-state index in [0.29, 0.717) is 25.1 Å². The lowest BCUT2D eigenvalue weighted by Crippen LogP contribution is -2.44. The second-order valence-electron chi connectivity index (χ2n) is 13.3. The van der Waals surface area contributed by atoms with Gasteiger partial charge in [0.15, 0.2) is 0 Å². The minimum absolute atomic E-state index is 0.135. The first-order valence-corrected chi connectivity index (χ1v) is 18.9. The number of carbonyl (C=O) groups excluding carboxylic acids is 1. The van der Waals surface area contributed by atoms with Crippen LogP contribution in [-0.2, 0) is 11.3 Å². The van der Waals surface area contributed by atoms with Crippen LogP contribution in [0, 0.1) is 17.0 Å². The summed E-state index contributed by atoms with van der Waals surface area (Å²) < 4.78 is 31.1. The highest BCUT2D eigenvalue weighted by molar-refractivity contribution is 6.76. The molecule has 0 radical (unpaired) electrons. The first-order valence-electron chi connectivity index (χ1n) is 14.6. The maximum atomic E-state index is 14.9. The molecule has 0 spiro atoms. The lowest BCUT2D eigenvalue weighted by atomic mass is 9.83. The molecule has 10 heteroatoms. The molecule has 0 saturated carbocycles. The molecule has 6 nitrogen and oxygen atoms in total. The highest BCUT2D eigenvalue weighted by Gasteiger charge is 2.37. The molecule has 43 heavy (non-hydrogen) atoms. The molecule has 1 N–H and O–H groups in total. The van der Waals surface area contributed by atoms with Crippen LogP contribution in [0.1, 0.15) is 44.5 Å². The van der Waals surface area contributed by atoms with Gasteiger partial charge < -0.3 is 19.5 Å². The van der Waals surface area contributed by atoms with Gasteiger partial charge in [-0.25, -0.2) is 13.6 Å². The molecule has 0 aliphatic rings. The molecule has 0 bridgehead atoms. The van der Waals surface area contributed by atoms with E-state index in [4.69, 9.17) is 11.6 Å². The molecular weight excluding hydrogens is 588 g/mol. The largest absolute Gasteiger partial charge is 0.465 e. The summed E-state index contributed by atoms with van der Waals surface area (Å²) in [5.74, 6) is -1.61. The van der Waals surface area contributed by atoms with Crippen molar-refractivity contribution >= 4 is 31.7 Å². The van der Waals surface area contributed by atoms with Gasteiger partial charge in [0.2, 0.25) is 5.91 Å². The van der Waals surface area contributed by atoms with E-state index in [-0.39, 0.29) is 30.4 Å². The number of halogens is 3. The van der Waals surface area contributed by atoms with E-state index in [1.54, 1.807) is 11.1 Å². The molecule has 3 aromatic rings. The number of hydrogen-bond acceptors (Lipinski definition) is 2. The van der Waals surface area contributed by atoms with Crippen molar-refractivity contribution in [2.24, 2.45) is 5.41 Å². The van der Waals surface area contributed by atoms with Crippen LogP contribution in [0.5, 0.6) is 0 Å². The van der Waals surface area contributed by atoms with E-state index < -0.39 is 37.3 Å². The Morgan fingerprint density at radius 2 is 1.67 bits per heavy atom. The number of hydrogen-bond donors (Lipinski definition) is 1. The Kier molecular flexibility index (Phi) is 11.6. The van der Waals surface area contributed by atoms with Gasteiger partial charge in [0.1, 0.15) is 17.5 Å². The number of amides is 2. The fraction of sp³-hybridized carbons (Fsp3) is 0.455. The van der Waals surface area contributed by atoms with Crippen molar-refractivity contribution in [2.75, 3.05) is 25.5 Å². The second kappa shape index (κ2) is 14.5. The highest BCUT2D eigenvalue weighted by atomic mass is 35.5. The lowest BCUT2D eigenvalue weighted by Gasteiger charge is -2.41. The van der Waals surface area contributed by atoms with E-state index in [0.717, 1.165) is 29.4 Å². The quantitative estimate of drug-likeness (QED) is 0.152. The minimum atomic E-state index is -1.45. The first-order chi connectivity index (χ1) is 20.1. The van der Waals surface area contributed by atoms with Crippen LogP contribution in [0.15, 0.2) is 60.8 Å². The van der Waals surface area contributed by atoms with Crippen LogP contribution < -0.4 is 0 Å². The summed E-state index contributed by atoms with van der Waals surface area (Å²) >= 11 is 6.14. The van der Waals surface area contributed by atoms with E-state index in [9.17, 15) is 23.5 Å². The van der Waals surface area contributed by atoms with E-state index >= 15 is 0 Å². The molecule has 0 saturated heterocycles. The van der Waals surface area contributed by atoms with Gasteiger partial charge in [-0.2, -0.15) is 0 Å². The summed E-state index contributed by atoms with van der Waals surface area (Å²) in [4.78, 5) is 28.6. The Balaban J connectivity index is 2.05. The highest BCUT2D eigenvalue weighted by Crippen LogP contribution is 2.41. The molecule has 1 aromatic heterocycles. The Hall–Kier alpha value is -3.17.